The van der Waals surface area contributed by atoms with Crippen molar-refractivity contribution in [1.29, 1.82) is 5.26 Å². The van der Waals surface area contributed by atoms with Gasteiger partial charge in [0.1, 0.15) is 23.0 Å². The van der Waals surface area contributed by atoms with E-state index < -0.39 is 6.09 Å². The van der Waals surface area contributed by atoms with Gasteiger partial charge in [-0.1, -0.05) is 0 Å². The largest absolute Gasteiger partial charge is 0.497 e. The molecular weight excluding hydrogens is 260 g/mol. The van der Waals surface area contributed by atoms with E-state index in [2.05, 4.69) is 4.99 Å². The highest BCUT2D eigenvalue weighted by atomic mass is 16.5. The third kappa shape index (κ3) is 2.78. The minimum Gasteiger partial charge on any atom is -0.497 e. The fourth-order valence-electron chi connectivity index (χ4n) is 1.64. The van der Waals surface area contributed by atoms with Gasteiger partial charge >= 0.3 is 6.09 Å². The van der Waals surface area contributed by atoms with E-state index in [9.17, 15) is 4.79 Å². The number of fused-ring (bicyclic) bond motifs is 1. The Hall–Kier alpha value is -2.81. The van der Waals surface area contributed by atoms with E-state index in [0.29, 0.717) is 16.7 Å². The Morgan fingerprint density at radius 2 is 2.25 bits per heavy atom. The summed E-state index contributed by atoms with van der Waals surface area (Å²) < 4.78 is 15.3. The number of methoxy groups -OCH3 is 1. The molecule has 2 rings (SSSR count). The first-order valence-corrected chi connectivity index (χ1v) is 5.91. The van der Waals surface area contributed by atoms with Gasteiger partial charge in [-0.15, -0.1) is 4.99 Å². The van der Waals surface area contributed by atoms with Crippen molar-refractivity contribution >= 4 is 17.1 Å². The number of carbonyl (C=O) groups excluding carboxylic acids is 1. The Kier molecular flexibility index (Phi) is 4.01. The minimum absolute atomic E-state index is 0.0661. The third-order valence-corrected chi connectivity index (χ3v) is 2.53. The Labute approximate surface area is 114 Å². The standard InChI is InChI=1S/C14H12N2O4/c1-3-19-14(17)16-13-10(8-15)6-9-7-11(18-2)4-5-12(9)20-13/h4-7H,3H2,1-2H3/b16-13+. The summed E-state index contributed by atoms with van der Waals surface area (Å²) in [5.74, 6) is 0.645. The lowest BCUT2D eigenvalue weighted by atomic mass is 10.2. The molecule has 6 heteroatoms. The van der Waals surface area contributed by atoms with Crippen LogP contribution >= 0.6 is 0 Å². The molecule has 0 atom stereocenters. The van der Waals surface area contributed by atoms with Gasteiger partial charge in [0.2, 0.25) is 5.55 Å². The Morgan fingerprint density at radius 3 is 2.90 bits per heavy atom. The van der Waals surface area contributed by atoms with E-state index in [1.54, 1.807) is 38.3 Å². The van der Waals surface area contributed by atoms with E-state index in [1.807, 2.05) is 6.07 Å². The fourth-order valence-corrected chi connectivity index (χ4v) is 1.64. The van der Waals surface area contributed by atoms with Crippen LogP contribution < -0.4 is 10.3 Å². The minimum atomic E-state index is -0.791. The average molecular weight is 272 g/mol. The van der Waals surface area contributed by atoms with Gasteiger partial charge in [-0.3, -0.25) is 0 Å². The number of rotatable bonds is 2. The quantitative estimate of drug-likeness (QED) is 0.837. The maximum absolute atomic E-state index is 11.3. The predicted octanol–water partition coefficient (Wildman–Crippen LogP) is 2.37. The summed E-state index contributed by atoms with van der Waals surface area (Å²) in [6.07, 6.45) is -0.791. The number of amides is 1. The highest BCUT2D eigenvalue weighted by Crippen LogP contribution is 2.20. The smallest absolute Gasteiger partial charge is 0.436 e. The highest BCUT2D eigenvalue weighted by molar-refractivity contribution is 5.79. The van der Waals surface area contributed by atoms with Crippen LogP contribution in [0.15, 0.2) is 33.7 Å². The molecule has 0 aliphatic carbocycles. The molecule has 6 nitrogen and oxygen atoms in total. The van der Waals surface area contributed by atoms with Crippen molar-refractivity contribution < 1.29 is 18.7 Å². The molecule has 0 saturated heterocycles. The lowest BCUT2D eigenvalue weighted by molar-refractivity contribution is 0.161. The molecule has 1 aromatic carbocycles. The molecule has 20 heavy (non-hydrogen) atoms. The van der Waals surface area contributed by atoms with E-state index in [0.717, 1.165) is 0 Å². The molecule has 0 fully saturated rings. The summed E-state index contributed by atoms with van der Waals surface area (Å²) in [7, 11) is 1.55. The summed E-state index contributed by atoms with van der Waals surface area (Å²) in [6, 6.07) is 8.64. The van der Waals surface area contributed by atoms with Gasteiger partial charge in [0.15, 0.2) is 0 Å². The maximum atomic E-state index is 11.3. The van der Waals surface area contributed by atoms with Crippen molar-refractivity contribution in [2.24, 2.45) is 4.99 Å². The average Bonchev–Trinajstić information content (AvgIpc) is 2.46. The van der Waals surface area contributed by atoms with Crippen LogP contribution in [0.4, 0.5) is 4.79 Å². The Balaban J connectivity index is 2.62. The van der Waals surface area contributed by atoms with Gasteiger partial charge in [0.25, 0.3) is 0 Å². The van der Waals surface area contributed by atoms with E-state index in [1.165, 1.54) is 0 Å². The molecule has 0 bridgehead atoms. The molecule has 0 aliphatic rings. The molecule has 2 aromatic rings. The molecule has 0 radical (unpaired) electrons. The zero-order valence-corrected chi connectivity index (χ0v) is 11.0. The zero-order chi connectivity index (χ0) is 14.5. The molecule has 0 spiro atoms. The lowest BCUT2D eigenvalue weighted by Crippen LogP contribution is -2.11. The summed E-state index contributed by atoms with van der Waals surface area (Å²) in [4.78, 5) is 15.0. The number of carbonyl (C=O) groups is 1. The fraction of sp³-hybridized carbons (Fsp3) is 0.214. The van der Waals surface area contributed by atoms with Gasteiger partial charge in [-0.25, -0.2) is 4.79 Å². The monoisotopic (exact) mass is 272 g/mol. The first kappa shape index (κ1) is 13.6. The first-order valence-electron chi connectivity index (χ1n) is 5.91. The molecule has 1 amide bonds. The molecule has 0 aliphatic heterocycles. The second kappa shape index (κ2) is 5.89. The van der Waals surface area contributed by atoms with Gasteiger partial charge in [-0.2, -0.15) is 5.26 Å². The molecule has 0 unspecified atom stereocenters. The van der Waals surface area contributed by atoms with E-state index in [4.69, 9.17) is 19.2 Å². The van der Waals surface area contributed by atoms with Crippen LogP contribution in [0.1, 0.15) is 12.5 Å². The van der Waals surface area contributed by atoms with Crippen LogP contribution in [-0.2, 0) is 4.74 Å². The van der Waals surface area contributed by atoms with Crippen molar-refractivity contribution in [3.63, 3.8) is 0 Å². The van der Waals surface area contributed by atoms with E-state index >= 15 is 0 Å². The van der Waals surface area contributed by atoms with Gasteiger partial charge < -0.3 is 13.9 Å². The van der Waals surface area contributed by atoms with Crippen LogP contribution in [0.3, 0.4) is 0 Å². The molecule has 0 saturated carbocycles. The third-order valence-electron chi connectivity index (χ3n) is 2.53. The first-order chi connectivity index (χ1) is 9.67. The molecule has 1 aromatic heterocycles. The number of hydrogen-bond acceptors (Lipinski definition) is 5. The number of nitrogens with zero attached hydrogens (tertiary/aromatic N) is 2. The van der Waals surface area contributed by atoms with E-state index in [-0.39, 0.29) is 17.7 Å². The summed E-state index contributed by atoms with van der Waals surface area (Å²) in [5, 5.41) is 9.78. The number of benzene rings is 1. The zero-order valence-electron chi connectivity index (χ0n) is 11.0. The van der Waals surface area contributed by atoms with Crippen molar-refractivity contribution in [1.82, 2.24) is 0 Å². The van der Waals surface area contributed by atoms with Crippen molar-refractivity contribution in [3.8, 4) is 11.8 Å². The van der Waals surface area contributed by atoms with Crippen LogP contribution in [0.5, 0.6) is 5.75 Å². The van der Waals surface area contributed by atoms with Crippen LogP contribution in [0.2, 0.25) is 0 Å². The maximum Gasteiger partial charge on any atom is 0.436 e. The molecule has 0 N–H and O–H groups in total. The summed E-state index contributed by atoms with van der Waals surface area (Å²) >= 11 is 0. The normalized spacial score (nSPS) is 11.2. The van der Waals surface area contributed by atoms with Gasteiger partial charge in [0.05, 0.1) is 13.7 Å². The summed E-state index contributed by atoms with van der Waals surface area (Å²) in [6.45, 7) is 1.87. The Bertz CT molecular complexity index is 756. The van der Waals surface area contributed by atoms with Crippen LogP contribution in [0.25, 0.3) is 11.0 Å². The number of nitriles is 1. The van der Waals surface area contributed by atoms with Gasteiger partial charge in [-0.05, 0) is 31.2 Å². The van der Waals surface area contributed by atoms with Crippen LogP contribution in [-0.4, -0.2) is 19.8 Å². The summed E-state index contributed by atoms with van der Waals surface area (Å²) in [5.41, 5.74) is 0.579. The van der Waals surface area contributed by atoms with Crippen molar-refractivity contribution in [3.05, 3.63) is 35.4 Å². The SMILES string of the molecule is CCOC(=O)/N=c1/oc2ccc(OC)cc2cc1C#N. The Morgan fingerprint density at radius 1 is 1.45 bits per heavy atom. The molecule has 102 valence electrons. The van der Waals surface area contributed by atoms with Crippen LogP contribution in [0, 0.1) is 11.3 Å². The number of ether oxygens (including phenoxy) is 2. The van der Waals surface area contributed by atoms with Crippen molar-refractivity contribution in [2.75, 3.05) is 13.7 Å². The highest BCUT2D eigenvalue weighted by Gasteiger charge is 2.07. The predicted molar refractivity (Wildman–Crippen MR) is 70.1 cm³/mol. The molecule has 1 heterocycles. The van der Waals surface area contributed by atoms with Gasteiger partial charge in [0, 0.05) is 5.39 Å². The molecular formula is C14H12N2O4. The second-order valence-electron chi connectivity index (χ2n) is 3.79. The van der Waals surface area contributed by atoms with Crippen molar-refractivity contribution in [2.45, 2.75) is 6.92 Å². The number of hydrogen-bond donors (Lipinski definition) is 0. The topological polar surface area (TPSA) is 84.8 Å². The lowest BCUT2D eigenvalue weighted by Gasteiger charge is -2.02. The second-order valence-corrected chi connectivity index (χ2v) is 3.79.